The van der Waals surface area contributed by atoms with Crippen LogP contribution in [0.15, 0.2) is 109 Å². The Bertz CT molecular complexity index is 1420. The first kappa shape index (κ1) is 16.7. The number of hydrogen-bond acceptors (Lipinski definition) is 2. The van der Waals surface area contributed by atoms with E-state index in [0.29, 0.717) is 0 Å². The molecule has 3 aromatic heterocycles. The summed E-state index contributed by atoms with van der Waals surface area (Å²) in [5.74, 6) is 0. The van der Waals surface area contributed by atoms with Crippen molar-refractivity contribution < 1.29 is 0 Å². The van der Waals surface area contributed by atoms with Crippen LogP contribution in [0.4, 0.5) is 0 Å². The highest BCUT2D eigenvalue weighted by Gasteiger charge is 2.22. The molecule has 0 aliphatic rings. The molecule has 6 rings (SSSR count). The van der Waals surface area contributed by atoms with Crippen molar-refractivity contribution in [3.8, 4) is 28.2 Å². The molecule has 0 unspecified atom stereocenters. The lowest BCUT2D eigenvalue weighted by molar-refractivity contribution is 0.817. The van der Waals surface area contributed by atoms with Crippen LogP contribution in [-0.2, 0) is 0 Å². The maximum absolute atomic E-state index is 4.66. The number of fused-ring (bicyclic) bond motifs is 3. The fraction of sp³-hybridized carbons (Fsp3) is 0. The Labute approximate surface area is 173 Å². The van der Waals surface area contributed by atoms with Crippen LogP contribution in [0, 0.1) is 0 Å². The van der Waals surface area contributed by atoms with Crippen molar-refractivity contribution in [1.29, 1.82) is 0 Å². The molecule has 30 heavy (non-hydrogen) atoms. The molecule has 3 heterocycles. The summed E-state index contributed by atoms with van der Waals surface area (Å²) in [6.45, 7) is 0. The predicted molar refractivity (Wildman–Crippen MR) is 121 cm³/mol. The van der Waals surface area contributed by atoms with Gasteiger partial charge in [0.15, 0.2) is 0 Å². The van der Waals surface area contributed by atoms with Gasteiger partial charge in [0, 0.05) is 22.7 Å². The van der Waals surface area contributed by atoms with E-state index in [2.05, 4.69) is 99.8 Å². The van der Waals surface area contributed by atoms with E-state index in [4.69, 9.17) is 0 Å². The fourth-order valence-corrected chi connectivity index (χ4v) is 4.17. The number of rotatable bonds is 3. The summed E-state index contributed by atoms with van der Waals surface area (Å²) in [6, 6.07) is 35.3. The third-order valence-electron chi connectivity index (χ3n) is 5.50. The van der Waals surface area contributed by atoms with Crippen molar-refractivity contribution in [3.63, 3.8) is 0 Å². The van der Waals surface area contributed by atoms with E-state index in [0.717, 1.165) is 44.6 Å². The SMILES string of the molecule is c1ccc(-c2nnn(-c3c4ccccc4n4ccccc34)c2-c2ccccc2)cc1. The molecule has 6 aromatic rings. The summed E-state index contributed by atoms with van der Waals surface area (Å²) in [5.41, 5.74) is 7.29. The lowest BCUT2D eigenvalue weighted by Gasteiger charge is -2.09. The van der Waals surface area contributed by atoms with Crippen LogP contribution in [0.25, 0.3) is 44.6 Å². The number of benzene rings is 3. The van der Waals surface area contributed by atoms with Gasteiger partial charge in [-0.15, -0.1) is 5.10 Å². The highest BCUT2D eigenvalue weighted by atomic mass is 15.4. The van der Waals surface area contributed by atoms with Gasteiger partial charge in [0.1, 0.15) is 17.1 Å². The molecule has 3 aromatic carbocycles. The molecule has 0 saturated heterocycles. The minimum atomic E-state index is 0.876. The number of hydrogen-bond donors (Lipinski definition) is 0. The normalized spacial score (nSPS) is 11.3. The Morgan fingerprint density at radius 1 is 0.567 bits per heavy atom. The Morgan fingerprint density at radius 2 is 1.20 bits per heavy atom. The molecule has 0 aliphatic heterocycles. The molecule has 0 spiro atoms. The minimum Gasteiger partial charge on any atom is -0.314 e. The van der Waals surface area contributed by atoms with E-state index < -0.39 is 0 Å². The smallest absolute Gasteiger partial charge is 0.121 e. The molecule has 0 saturated carbocycles. The van der Waals surface area contributed by atoms with Crippen molar-refractivity contribution in [2.75, 3.05) is 0 Å². The van der Waals surface area contributed by atoms with E-state index in [1.54, 1.807) is 0 Å². The van der Waals surface area contributed by atoms with Crippen molar-refractivity contribution in [1.82, 2.24) is 19.4 Å². The van der Waals surface area contributed by atoms with Gasteiger partial charge in [-0.05, 0) is 18.2 Å². The highest BCUT2D eigenvalue weighted by molar-refractivity contribution is 5.99. The van der Waals surface area contributed by atoms with E-state index in [1.165, 1.54) is 0 Å². The van der Waals surface area contributed by atoms with Gasteiger partial charge in [0.25, 0.3) is 0 Å². The summed E-state index contributed by atoms with van der Waals surface area (Å²) in [4.78, 5) is 0. The first-order valence-corrected chi connectivity index (χ1v) is 9.96. The van der Waals surface area contributed by atoms with Crippen LogP contribution < -0.4 is 0 Å². The van der Waals surface area contributed by atoms with Crippen LogP contribution in [0.3, 0.4) is 0 Å². The zero-order chi connectivity index (χ0) is 19.9. The van der Waals surface area contributed by atoms with Crippen molar-refractivity contribution >= 4 is 16.4 Å². The van der Waals surface area contributed by atoms with Gasteiger partial charge < -0.3 is 4.40 Å². The van der Waals surface area contributed by atoms with E-state index in [9.17, 15) is 0 Å². The quantitative estimate of drug-likeness (QED) is 0.373. The zero-order valence-electron chi connectivity index (χ0n) is 16.2. The third-order valence-corrected chi connectivity index (χ3v) is 5.50. The third kappa shape index (κ3) is 2.47. The second kappa shape index (κ2) is 6.71. The van der Waals surface area contributed by atoms with Crippen molar-refractivity contribution in [2.45, 2.75) is 0 Å². The lowest BCUT2D eigenvalue weighted by atomic mass is 10.0. The Balaban J connectivity index is 1.74. The standard InChI is InChI=1S/C26H18N4/c1-3-11-19(12-4-1)24-25(20-13-5-2-6-14-20)30(28-27-24)26-21-15-7-8-16-22(21)29-18-10-9-17-23(26)29/h1-18H. The molecule has 4 nitrogen and oxygen atoms in total. The molecule has 0 N–H and O–H groups in total. The summed E-state index contributed by atoms with van der Waals surface area (Å²) in [6.07, 6.45) is 2.10. The predicted octanol–water partition coefficient (Wildman–Crippen LogP) is 6.01. The molecule has 0 radical (unpaired) electrons. The van der Waals surface area contributed by atoms with E-state index in [-0.39, 0.29) is 0 Å². The number of pyridine rings is 1. The Morgan fingerprint density at radius 3 is 2.00 bits per heavy atom. The van der Waals surface area contributed by atoms with Crippen LogP contribution >= 0.6 is 0 Å². The number of para-hydroxylation sites is 1. The van der Waals surface area contributed by atoms with Gasteiger partial charge in [0.05, 0.1) is 11.0 Å². The van der Waals surface area contributed by atoms with Crippen LogP contribution in [-0.4, -0.2) is 19.4 Å². The first-order valence-electron chi connectivity index (χ1n) is 9.96. The zero-order valence-corrected chi connectivity index (χ0v) is 16.2. The van der Waals surface area contributed by atoms with E-state index in [1.807, 2.05) is 28.9 Å². The molecule has 0 atom stereocenters. The average Bonchev–Trinajstić information content (AvgIpc) is 3.39. The van der Waals surface area contributed by atoms with Crippen molar-refractivity contribution in [2.24, 2.45) is 0 Å². The number of nitrogens with zero attached hydrogens (tertiary/aromatic N) is 4. The molecule has 0 amide bonds. The van der Waals surface area contributed by atoms with Gasteiger partial charge in [-0.1, -0.05) is 90.1 Å². The minimum absolute atomic E-state index is 0.876. The van der Waals surface area contributed by atoms with Gasteiger partial charge >= 0.3 is 0 Å². The fourth-order valence-electron chi connectivity index (χ4n) is 4.17. The van der Waals surface area contributed by atoms with Gasteiger partial charge in [0.2, 0.25) is 0 Å². The number of aromatic nitrogens is 4. The largest absolute Gasteiger partial charge is 0.314 e. The first-order chi connectivity index (χ1) is 14.9. The molecular weight excluding hydrogens is 368 g/mol. The summed E-state index contributed by atoms with van der Waals surface area (Å²) in [7, 11) is 0. The second-order valence-electron chi connectivity index (χ2n) is 7.25. The van der Waals surface area contributed by atoms with E-state index >= 15 is 0 Å². The molecular formula is C26H18N4. The maximum Gasteiger partial charge on any atom is 0.121 e. The molecule has 0 fully saturated rings. The topological polar surface area (TPSA) is 35.1 Å². The van der Waals surface area contributed by atoms with Gasteiger partial charge in [-0.3, -0.25) is 0 Å². The highest BCUT2D eigenvalue weighted by Crippen LogP contribution is 2.36. The summed E-state index contributed by atoms with van der Waals surface area (Å²) < 4.78 is 4.21. The average molecular weight is 386 g/mol. The summed E-state index contributed by atoms with van der Waals surface area (Å²) >= 11 is 0. The summed E-state index contributed by atoms with van der Waals surface area (Å²) in [5, 5.41) is 10.4. The Kier molecular flexibility index (Phi) is 3.74. The maximum atomic E-state index is 4.66. The molecule has 0 bridgehead atoms. The Hall–Kier alpha value is -4.18. The van der Waals surface area contributed by atoms with Crippen LogP contribution in [0.1, 0.15) is 0 Å². The molecule has 4 heteroatoms. The lowest BCUT2D eigenvalue weighted by Crippen LogP contribution is -2.00. The van der Waals surface area contributed by atoms with Crippen LogP contribution in [0.5, 0.6) is 0 Å². The van der Waals surface area contributed by atoms with Gasteiger partial charge in [-0.25, -0.2) is 4.68 Å². The molecule has 0 aliphatic carbocycles. The molecule has 142 valence electrons. The van der Waals surface area contributed by atoms with Crippen LogP contribution in [0.2, 0.25) is 0 Å². The monoisotopic (exact) mass is 386 g/mol. The van der Waals surface area contributed by atoms with Gasteiger partial charge in [-0.2, -0.15) is 0 Å². The second-order valence-corrected chi connectivity index (χ2v) is 7.25. The van der Waals surface area contributed by atoms with Crippen molar-refractivity contribution in [3.05, 3.63) is 109 Å².